The molecule has 1 aromatic carbocycles. The Labute approximate surface area is 154 Å². The number of esters is 1. The zero-order valence-corrected chi connectivity index (χ0v) is 15.5. The van der Waals surface area contributed by atoms with Gasteiger partial charge in [-0.3, -0.25) is 9.78 Å². The van der Waals surface area contributed by atoms with E-state index in [1.54, 1.807) is 14.0 Å². The van der Waals surface area contributed by atoms with Crippen molar-refractivity contribution in [1.29, 1.82) is 0 Å². The van der Waals surface area contributed by atoms with Crippen LogP contribution in [0.5, 0.6) is 0 Å². The largest absolute Gasteiger partial charge is 0.448 e. The van der Waals surface area contributed by atoms with Crippen molar-refractivity contribution in [3.63, 3.8) is 0 Å². The van der Waals surface area contributed by atoms with Crippen LogP contribution in [0.4, 0.5) is 0 Å². The monoisotopic (exact) mass is 370 g/mol. The molecule has 0 aliphatic heterocycles. The molecule has 7 nitrogen and oxygen atoms in total. The van der Waals surface area contributed by atoms with Gasteiger partial charge in [0.15, 0.2) is 11.8 Å². The molecule has 0 aliphatic carbocycles. The maximum absolute atomic E-state index is 12.5. The molecule has 0 spiro atoms. The maximum atomic E-state index is 12.5. The Hall–Kier alpha value is -2.87. The van der Waals surface area contributed by atoms with Crippen molar-refractivity contribution >= 4 is 33.4 Å². The normalized spacial score (nSPS) is 12.0. The van der Waals surface area contributed by atoms with Crippen LogP contribution in [0, 0.1) is 6.92 Å². The predicted molar refractivity (Wildman–Crippen MR) is 97.7 cm³/mol. The van der Waals surface area contributed by atoms with Crippen molar-refractivity contribution in [2.45, 2.75) is 26.5 Å². The summed E-state index contributed by atoms with van der Waals surface area (Å²) in [4.78, 5) is 38.5. The third-order valence-electron chi connectivity index (χ3n) is 3.71. The van der Waals surface area contributed by atoms with Gasteiger partial charge in [-0.25, -0.2) is 14.8 Å². The summed E-state index contributed by atoms with van der Waals surface area (Å²) in [7, 11) is 1.66. The molecule has 2 aromatic heterocycles. The molecular formula is C18H18N4O3S. The number of benzene rings is 1. The molecular weight excluding hydrogens is 352 g/mol. The zero-order chi connectivity index (χ0) is 18.7. The molecule has 0 aliphatic rings. The second-order valence-corrected chi connectivity index (χ2v) is 6.98. The van der Waals surface area contributed by atoms with Crippen molar-refractivity contribution in [2.24, 2.45) is 0 Å². The first kappa shape index (κ1) is 17.9. The summed E-state index contributed by atoms with van der Waals surface area (Å²) >= 11 is 1.54. The standard InChI is InChI=1S/C18H18N4O3S/c1-11-8-20-14(9-19-11)18(24)25-12(2)17(23)22(3)10-16-21-13-6-4-5-7-15(13)26-16/h4-9,12H,10H2,1-3H3/t12-/m0/s1. The van der Waals surface area contributed by atoms with Gasteiger partial charge >= 0.3 is 5.97 Å². The molecule has 0 unspecified atom stereocenters. The second kappa shape index (κ2) is 7.57. The summed E-state index contributed by atoms with van der Waals surface area (Å²) in [5, 5.41) is 0.824. The van der Waals surface area contributed by atoms with Crippen LogP contribution in [0.1, 0.15) is 28.1 Å². The summed E-state index contributed by atoms with van der Waals surface area (Å²) in [5.41, 5.74) is 1.68. The molecule has 0 N–H and O–H groups in total. The van der Waals surface area contributed by atoms with Gasteiger partial charge in [-0.2, -0.15) is 0 Å². The molecule has 1 amide bonds. The Morgan fingerprint density at radius 3 is 2.69 bits per heavy atom. The van der Waals surface area contributed by atoms with E-state index in [1.807, 2.05) is 24.3 Å². The number of aryl methyl sites for hydroxylation is 1. The van der Waals surface area contributed by atoms with Gasteiger partial charge in [0, 0.05) is 13.2 Å². The quantitative estimate of drug-likeness (QED) is 0.642. The number of nitrogens with zero attached hydrogens (tertiary/aromatic N) is 4. The van der Waals surface area contributed by atoms with Crippen molar-refractivity contribution in [1.82, 2.24) is 19.9 Å². The molecule has 26 heavy (non-hydrogen) atoms. The smallest absolute Gasteiger partial charge is 0.359 e. The van der Waals surface area contributed by atoms with Gasteiger partial charge in [0.2, 0.25) is 0 Å². The van der Waals surface area contributed by atoms with Crippen LogP contribution < -0.4 is 0 Å². The third-order valence-corrected chi connectivity index (χ3v) is 4.73. The summed E-state index contributed by atoms with van der Waals surface area (Å²) in [6, 6.07) is 7.81. The van der Waals surface area contributed by atoms with E-state index < -0.39 is 12.1 Å². The fourth-order valence-corrected chi connectivity index (χ4v) is 3.37. The van der Waals surface area contributed by atoms with Gasteiger partial charge in [0.05, 0.1) is 28.7 Å². The number of likely N-dealkylation sites (N-methyl/N-ethyl adjacent to an activating group) is 1. The Balaban J connectivity index is 1.61. The predicted octanol–water partition coefficient (Wildman–Crippen LogP) is 2.60. The van der Waals surface area contributed by atoms with Crippen LogP contribution in [-0.2, 0) is 16.1 Å². The zero-order valence-electron chi connectivity index (χ0n) is 14.7. The van der Waals surface area contributed by atoms with Crippen LogP contribution in [0.25, 0.3) is 10.2 Å². The number of amides is 1. The van der Waals surface area contributed by atoms with E-state index >= 15 is 0 Å². The minimum absolute atomic E-state index is 0.0732. The van der Waals surface area contributed by atoms with Crippen LogP contribution >= 0.6 is 11.3 Å². The Morgan fingerprint density at radius 1 is 1.23 bits per heavy atom. The van der Waals surface area contributed by atoms with E-state index in [2.05, 4.69) is 15.0 Å². The van der Waals surface area contributed by atoms with Gasteiger partial charge in [0.1, 0.15) is 5.01 Å². The Morgan fingerprint density at radius 2 is 2.00 bits per heavy atom. The fourth-order valence-electron chi connectivity index (χ4n) is 2.35. The molecule has 0 radical (unpaired) electrons. The van der Waals surface area contributed by atoms with Gasteiger partial charge < -0.3 is 9.64 Å². The second-order valence-electron chi connectivity index (χ2n) is 5.86. The first-order chi connectivity index (χ1) is 12.4. The fraction of sp³-hybridized carbons (Fsp3) is 0.278. The number of hydrogen-bond acceptors (Lipinski definition) is 7. The summed E-state index contributed by atoms with van der Waals surface area (Å²) in [6.45, 7) is 3.66. The highest BCUT2D eigenvalue weighted by Gasteiger charge is 2.23. The SMILES string of the molecule is Cc1cnc(C(=O)O[C@@H](C)C(=O)N(C)Cc2nc3ccccc3s2)cn1. The van der Waals surface area contributed by atoms with Gasteiger partial charge in [-0.05, 0) is 26.0 Å². The molecule has 3 aromatic rings. The lowest BCUT2D eigenvalue weighted by molar-refractivity contribution is -0.139. The highest BCUT2D eigenvalue weighted by atomic mass is 32.1. The van der Waals surface area contributed by atoms with E-state index in [0.29, 0.717) is 12.2 Å². The van der Waals surface area contributed by atoms with E-state index in [4.69, 9.17) is 4.74 Å². The number of carbonyl (C=O) groups excluding carboxylic acids is 2. The lowest BCUT2D eigenvalue weighted by atomic mass is 10.3. The molecule has 8 heteroatoms. The molecule has 2 heterocycles. The molecule has 0 saturated heterocycles. The maximum Gasteiger partial charge on any atom is 0.359 e. The number of fused-ring (bicyclic) bond motifs is 1. The third kappa shape index (κ3) is 4.02. The van der Waals surface area contributed by atoms with Crippen LogP contribution in [0.3, 0.4) is 0 Å². The number of carbonyl (C=O) groups is 2. The number of hydrogen-bond donors (Lipinski definition) is 0. The number of rotatable bonds is 5. The number of ether oxygens (including phenoxy) is 1. The highest BCUT2D eigenvalue weighted by Crippen LogP contribution is 2.22. The van der Waals surface area contributed by atoms with Crippen LogP contribution in [-0.4, -0.2) is 44.9 Å². The molecule has 0 bridgehead atoms. The number of aromatic nitrogens is 3. The summed E-state index contributed by atoms with van der Waals surface area (Å²) < 4.78 is 6.28. The topological polar surface area (TPSA) is 85.3 Å². The first-order valence-corrected chi connectivity index (χ1v) is 8.84. The lowest BCUT2D eigenvalue weighted by Crippen LogP contribution is -2.37. The molecule has 134 valence electrons. The lowest BCUT2D eigenvalue weighted by Gasteiger charge is -2.20. The van der Waals surface area contributed by atoms with Crippen LogP contribution in [0.15, 0.2) is 36.7 Å². The summed E-state index contributed by atoms with van der Waals surface area (Å²) in [6.07, 6.45) is 1.88. The first-order valence-electron chi connectivity index (χ1n) is 8.03. The van der Waals surface area contributed by atoms with Crippen molar-refractivity contribution < 1.29 is 14.3 Å². The van der Waals surface area contributed by atoms with E-state index in [0.717, 1.165) is 15.2 Å². The van der Waals surface area contributed by atoms with Gasteiger partial charge in [0.25, 0.3) is 5.91 Å². The van der Waals surface area contributed by atoms with E-state index in [-0.39, 0.29) is 11.6 Å². The molecule has 1 atom stereocenters. The van der Waals surface area contributed by atoms with E-state index in [1.165, 1.54) is 35.6 Å². The number of para-hydroxylation sites is 1. The van der Waals surface area contributed by atoms with Crippen molar-refractivity contribution in [3.05, 3.63) is 53.1 Å². The van der Waals surface area contributed by atoms with Crippen molar-refractivity contribution in [2.75, 3.05) is 7.05 Å². The number of thiazole rings is 1. The van der Waals surface area contributed by atoms with Gasteiger partial charge in [-0.1, -0.05) is 12.1 Å². The molecule has 0 saturated carbocycles. The Kier molecular flexibility index (Phi) is 5.22. The van der Waals surface area contributed by atoms with Gasteiger partial charge in [-0.15, -0.1) is 11.3 Å². The minimum atomic E-state index is -0.926. The van der Waals surface area contributed by atoms with Crippen LogP contribution in [0.2, 0.25) is 0 Å². The highest BCUT2D eigenvalue weighted by molar-refractivity contribution is 7.18. The molecule has 3 rings (SSSR count). The van der Waals surface area contributed by atoms with Crippen molar-refractivity contribution in [3.8, 4) is 0 Å². The average Bonchev–Trinajstić information content (AvgIpc) is 3.03. The minimum Gasteiger partial charge on any atom is -0.448 e. The molecule has 0 fully saturated rings. The summed E-state index contributed by atoms with van der Waals surface area (Å²) in [5.74, 6) is -0.982. The average molecular weight is 370 g/mol. The van der Waals surface area contributed by atoms with E-state index in [9.17, 15) is 9.59 Å². The Bertz CT molecular complexity index is 906.